The topological polar surface area (TPSA) is 52.6 Å². The number of sulfone groups is 1. The highest BCUT2D eigenvalue weighted by molar-refractivity contribution is 7.90. The Labute approximate surface area is 144 Å². The molecule has 0 aromatic heterocycles. The van der Waals surface area contributed by atoms with Crippen LogP contribution in [0.5, 0.6) is 0 Å². The van der Waals surface area contributed by atoms with E-state index in [1.54, 1.807) is 18.7 Å². The second kappa shape index (κ2) is 7.68. The first-order valence-corrected chi connectivity index (χ1v) is 11.2. The maximum Gasteiger partial charge on any atom is 0.394 e. The first kappa shape index (κ1) is 22.0. The molecule has 1 aromatic rings. The summed E-state index contributed by atoms with van der Waals surface area (Å²) in [4.78, 5) is 0. The lowest BCUT2D eigenvalue weighted by atomic mass is 10.2. The van der Waals surface area contributed by atoms with Gasteiger partial charge in [-0.25, -0.2) is 17.2 Å². The van der Waals surface area contributed by atoms with Gasteiger partial charge in [0.1, 0.15) is 12.2 Å². The number of halogens is 5. The van der Waals surface area contributed by atoms with Crippen molar-refractivity contribution < 1.29 is 39.2 Å². The molecule has 0 amide bonds. The quantitative estimate of drug-likeness (QED) is 0.492. The van der Waals surface area contributed by atoms with E-state index in [2.05, 4.69) is 0 Å². The summed E-state index contributed by atoms with van der Waals surface area (Å²) >= 11 is 0. The molecule has 0 atom stereocenters. The van der Waals surface area contributed by atoms with E-state index in [4.69, 9.17) is 8.85 Å². The maximum atomic E-state index is 13.3. The third kappa shape index (κ3) is 7.00. The molecule has 0 fully saturated rings. The number of hydrogen-bond acceptors (Lipinski definition) is 4. The molecule has 11 heteroatoms. The Morgan fingerprint density at radius 1 is 1.00 bits per heavy atom. The molecule has 0 heterocycles. The molecule has 0 aliphatic heterocycles. The SMILES string of the molecule is CO[Si](C)(OC)c1ccc(CS(=O)(=O)CC(F)(F)CC(F)(F)F)cc1. The van der Waals surface area contributed by atoms with E-state index in [0.717, 1.165) is 0 Å². The van der Waals surface area contributed by atoms with Crippen molar-refractivity contribution in [1.29, 1.82) is 0 Å². The fourth-order valence-electron chi connectivity index (χ4n) is 2.19. The van der Waals surface area contributed by atoms with Crippen molar-refractivity contribution in [2.45, 2.75) is 30.8 Å². The van der Waals surface area contributed by atoms with Gasteiger partial charge in [0.15, 0.2) is 9.84 Å². The van der Waals surface area contributed by atoms with Gasteiger partial charge in [-0.15, -0.1) is 0 Å². The largest absolute Gasteiger partial charge is 0.394 e. The zero-order valence-electron chi connectivity index (χ0n) is 13.9. The molecule has 0 saturated carbocycles. The molecule has 4 nitrogen and oxygen atoms in total. The molecule has 0 spiro atoms. The van der Waals surface area contributed by atoms with Gasteiger partial charge in [-0.05, 0) is 17.3 Å². The highest BCUT2D eigenvalue weighted by Crippen LogP contribution is 2.33. The fraction of sp³-hybridized carbons (Fsp3) is 0.571. The third-order valence-corrected chi connectivity index (χ3v) is 8.11. The van der Waals surface area contributed by atoms with Crippen LogP contribution >= 0.6 is 0 Å². The van der Waals surface area contributed by atoms with Crippen LogP contribution in [0.4, 0.5) is 22.0 Å². The monoisotopic (exact) mass is 406 g/mol. The Balaban J connectivity index is 2.87. The minimum atomic E-state index is -5.14. The summed E-state index contributed by atoms with van der Waals surface area (Å²) in [5, 5.41) is 0.695. The van der Waals surface area contributed by atoms with Crippen LogP contribution in [0.2, 0.25) is 6.55 Å². The van der Waals surface area contributed by atoms with Gasteiger partial charge in [0.25, 0.3) is 5.92 Å². The zero-order chi connectivity index (χ0) is 19.5. The summed E-state index contributed by atoms with van der Waals surface area (Å²) in [6.45, 7) is 1.76. The van der Waals surface area contributed by atoms with Crippen LogP contribution in [0.3, 0.4) is 0 Å². The normalized spacial score (nSPS) is 13.9. The van der Waals surface area contributed by atoms with Crippen LogP contribution in [-0.2, 0) is 24.4 Å². The minimum absolute atomic E-state index is 0.190. The molecular formula is C14H19F5O4SSi. The number of rotatable bonds is 8. The maximum absolute atomic E-state index is 13.3. The number of benzene rings is 1. The summed E-state index contributed by atoms with van der Waals surface area (Å²) in [6, 6.07) is 5.91. The molecule has 25 heavy (non-hydrogen) atoms. The smallest absolute Gasteiger partial charge is 0.394 e. The lowest BCUT2D eigenvalue weighted by molar-refractivity contribution is -0.181. The Morgan fingerprint density at radius 3 is 1.88 bits per heavy atom. The van der Waals surface area contributed by atoms with Crippen LogP contribution in [0.25, 0.3) is 0 Å². The Bertz CT molecular complexity index is 669. The van der Waals surface area contributed by atoms with Crippen LogP contribution in [0.15, 0.2) is 24.3 Å². The third-order valence-electron chi connectivity index (χ3n) is 3.53. The zero-order valence-corrected chi connectivity index (χ0v) is 15.7. The molecule has 0 unspecified atom stereocenters. The van der Waals surface area contributed by atoms with E-state index in [9.17, 15) is 30.4 Å². The van der Waals surface area contributed by atoms with Crippen LogP contribution in [-0.4, -0.2) is 49.0 Å². The molecule has 0 radical (unpaired) electrons. The van der Waals surface area contributed by atoms with E-state index in [0.29, 0.717) is 5.19 Å². The van der Waals surface area contributed by atoms with Crippen molar-refractivity contribution in [2.75, 3.05) is 20.0 Å². The van der Waals surface area contributed by atoms with Crippen molar-refractivity contribution >= 4 is 23.6 Å². The van der Waals surface area contributed by atoms with Crippen molar-refractivity contribution in [1.82, 2.24) is 0 Å². The van der Waals surface area contributed by atoms with Gasteiger partial charge in [0, 0.05) is 14.2 Å². The van der Waals surface area contributed by atoms with Gasteiger partial charge in [0.05, 0.1) is 5.75 Å². The summed E-state index contributed by atoms with van der Waals surface area (Å²) in [6.07, 6.45) is -7.61. The van der Waals surface area contributed by atoms with Gasteiger partial charge < -0.3 is 8.85 Å². The van der Waals surface area contributed by atoms with Crippen molar-refractivity contribution in [3.05, 3.63) is 29.8 Å². The number of alkyl halides is 5. The second-order valence-electron chi connectivity index (χ2n) is 5.73. The first-order valence-electron chi connectivity index (χ1n) is 7.07. The summed E-state index contributed by atoms with van der Waals surface area (Å²) in [5.41, 5.74) is 0.190. The molecule has 0 saturated heterocycles. The van der Waals surface area contributed by atoms with Gasteiger partial charge in [-0.3, -0.25) is 0 Å². The molecule has 0 bridgehead atoms. The predicted molar refractivity (Wildman–Crippen MR) is 84.8 cm³/mol. The van der Waals surface area contributed by atoms with Crippen molar-refractivity contribution in [3.8, 4) is 0 Å². The van der Waals surface area contributed by atoms with E-state index < -0.39 is 48.4 Å². The van der Waals surface area contributed by atoms with Gasteiger partial charge in [0.2, 0.25) is 0 Å². The lowest BCUT2D eigenvalue weighted by Crippen LogP contribution is -2.49. The number of hydrogen-bond donors (Lipinski definition) is 0. The van der Waals surface area contributed by atoms with E-state index in [1.807, 2.05) is 0 Å². The summed E-state index contributed by atoms with van der Waals surface area (Å²) in [5.74, 6) is -7.00. The molecule has 0 aliphatic carbocycles. The average Bonchev–Trinajstić information content (AvgIpc) is 2.42. The highest BCUT2D eigenvalue weighted by atomic mass is 32.2. The van der Waals surface area contributed by atoms with Crippen molar-refractivity contribution in [3.63, 3.8) is 0 Å². The second-order valence-corrected chi connectivity index (χ2v) is 11.1. The fourth-order valence-corrected chi connectivity index (χ4v) is 5.15. The molecular weight excluding hydrogens is 387 g/mol. The Morgan fingerprint density at radius 2 is 1.48 bits per heavy atom. The summed E-state index contributed by atoms with van der Waals surface area (Å²) < 4.78 is 97.1. The average molecular weight is 406 g/mol. The van der Waals surface area contributed by atoms with Crippen LogP contribution in [0.1, 0.15) is 12.0 Å². The highest BCUT2D eigenvalue weighted by Gasteiger charge is 2.46. The van der Waals surface area contributed by atoms with E-state index >= 15 is 0 Å². The van der Waals surface area contributed by atoms with Gasteiger partial charge in [-0.2, -0.15) is 13.2 Å². The Hall–Kier alpha value is -1.04. The van der Waals surface area contributed by atoms with Gasteiger partial charge >= 0.3 is 14.7 Å². The standard InChI is InChI=1S/C14H19F5O4SSi/c1-22-25(3,23-2)12-6-4-11(5-7-12)8-24(20,21)10-13(15,16)9-14(17,18)19/h4-7H,8-10H2,1-3H3. The van der Waals surface area contributed by atoms with Crippen molar-refractivity contribution in [2.24, 2.45) is 0 Å². The molecule has 1 rings (SSSR count). The first-order chi connectivity index (χ1) is 11.2. The van der Waals surface area contributed by atoms with Gasteiger partial charge in [-0.1, -0.05) is 24.3 Å². The summed E-state index contributed by atoms with van der Waals surface area (Å²) in [7, 11) is -4.10. The molecule has 144 valence electrons. The minimum Gasteiger partial charge on any atom is -0.394 e. The lowest BCUT2D eigenvalue weighted by Gasteiger charge is -2.23. The van der Waals surface area contributed by atoms with E-state index in [1.165, 1.54) is 26.4 Å². The molecule has 0 N–H and O–H groups in total. The molecule has 0 aliphatic rings. The molecule has 1 aromatic carbocycles. The van der Waals surface area contributed by atoms with E-state index in [-0.39, 0.29) is 5.56 Å². The Kier molecular flexibility index (Phi) is 6.76. The van der Waals surface area contributed by atoms with Crippen LogP contribution < -0.4 is 5.19 Å². The predicted octanol–water partition coefficient (Wildman–Crippen LogP) is 2.76. The van der Waals surface area contributed by atoms with Crippen LogP contribution in [0, 0.1) is 0 Å².